The molecule has 0 radical (unpaired) electrons. The van der Waals surface area contributed by atoms with Gasteiger partial charge < -0.3 is 10.2 Å². The molecule has 22 heavy (non-hydrogen) atoms. The quantitative estimate of drug-likeness (QED) is 0.681. The van der Waals surface area contributed by atoms with E-state index in [2.05, 4.69) is 26.8 Å². The van der Waals surface area contributed by atoms with Crippen LogP contribution in [0.15, 0.2) is 11.8 Å². The average Bonchev–Trinajstić information content (AvgIpc) is 2.77. The topological polar surface area (TPSA) is 40.5 Å². The van der Waals surface area contributed by atoms with E-state index in [9.17, 15) is 10.2 Å². The SMILES string of the molecule is CC1CC2CC(O)CC[C@]2(C)[C@H]2CC[C@]3(C)C(O)=CC[C@H]3[C@H]12. The third kappa shape index (κ3) is 1.82. The lowest BCUT2D eigenvalue weighted by Gasteiger charge is -2.62. The lowest BCUT2D eigenvalue weighted by molar-refractivity contribution is -0.143. The van der Waals surface area contributed by atoms with Gasteiger partial charge in [-0.25, -0.2) is 0 Å². The monoisotopic (exact) mass is 304 g/mol. The molecule has 0 spiro atoms. The van der Waals surface area contributed by atoms with Crippen LogP contribution in [0, 0.1) is 40.4 Å². The highest BCUT2D eigenvalue weighted by molar-refractivity contribution is 5.21. The lowest BCUT2D eigenvalue weighted by atomic mass is 9.43. The fourth-order valence-electron chi connectivity index (χ4n) is 7.16. The standard InChI is InChI=1S/C20H32O2/c1-12-10-13-11-14(21)6-8-19(13,2)16-7-9-20(3)15(18(12)16)4-5-17(20)22/h5,12-16,18,21-22H,4,6-11H2,1-3H3/t12?,13?,14?,15-,16-,18-,19-,20-/m0/s1. The van der Waals surface area contributed by atoms with Gasteiger partial charge in [-0.3, -0.25) is 0 Å². The zero-order valence-electron chi connectivity index (χ0n) is 14.4. The van der Waals surface area contributed by atoms with Gasteiger partial charge in [-0.2, -0.15) is 0 Å². The van der Waals surface area contributed by atoms with Crippen molar-refractivity contribution in [2.45, 2.75) is 71.8 Å². The molecule has 0 saturated heterocycles. The van der Waals surface area contributed by atoms with Crippen LogP contribution < -0.4 is 0 Å². The van der Waals surface area contributed by atoms with E-state index < -0.39 is 0 Å². The highest BCUT2D eigenvalue weighted by Gasteiger charge is 2.60. The summed E-state index contributed by atoms with van der Waals surface area (Å²) < 4.78 is 0. The van der Waals surface area contributed by atoms with Crippen LogP contribution in [-0.4, -0.2) is 16.3 Å². The van der Waals surface area contributed by atoms with E-state index >= 15 is 0 Å². The smallest absolute Gasteiger partial charge is 0.0944 e. The summed E-state index contributed by atoms with van der Waals surface area (Å²) >= 11 is 0. The van der Waals surface area contributed by atoms with Gasteiger partial charge in [-0.05, 0) is 86.0 Å². The van der Waals surface area contributed by atoms with E-state index in [0.717, 1.165) is 43.4 Å². The fourth-order valence-corrected chi connectivity index (χ4v) is 7.16. The summed E-state index contributed by atoms with van der Waals surface area (Å²) in [5, 5.41) is 20.5. The predicted molar refractivity (Wildman–Crippen MR) is 88.4 cm³/mol. The Morgan fingerprint density at radius 2 is 1.86 bits per heavy atom. The second-order valence-corrected chi connectivity index (χ2v) is 9.42. The first-order valence-corrected chi connectivity index (χ1v) is 9.44. The van der Waals surface area contributed by atoms with Gasteiger partial charge in [0.2, 0.25) is 0 Å². The van der Waals surface area contributed by atoms with E-state index in [0.29, 0.717) is 23.0 Å². The number of aliphatic hydroxyl groups is 2. The molecule has 0 heterocycles. The van der Waals surface area contributed by atoms with Crippen molar-refractivity contribution in [3.8, 4) is 0 Å². The molecule has 4 aliphatic carbocycles. The number of aliphatic hydroxyl groups excluding tert-OH is 2. The van der Waals surface area contributed by atoms with Crippen molar-refractivity contribution in [2.24, 2.45) is 40.4 Å². The molecule has 0 aliphatic heterocycles. The van der Waals surface area contributed by atoms with Gasteiger partial charge in [0.15, 0.2) is 0 Å². The van der Waals surface area contributed by atoms with E-state index in [4.69, 9.17) is 0 Å². The maximum atomic E-state index is 10.4. The summed E-state index contributed by atoms with van der Waals surface area (Å²) in [5.41, 5.74) is 0.475. The third-order valence-electron chi connectivity index (χ3n) is 8.54. The fraction of sp³-hybridized carbons (Fsp3) is 0.900. The van der Waals surface area contributed by atoms with Gasteiger partial charge in [-0.1, -0.05) is 20.8 Å². The zero-order chi connectivity index (χ0) is 15.7. The molecule has 2 heteroatoms. The second kappa shape index (κ2) is 4.75. The summed E-state index contributed by atoms with van der Waals surface area (Å²) in [4.78, 5) is 0. The number of hydrogen-bond acceptors (Lipinski definition) is 2. The molecule has 124 valence electrons. The molecule has 2 nitrogen and oxygen atoms in total. The van der Waals surface area contributed by atoms with Crippen LogP contribution in [0.1, 0.15) is 65.7 Å². The van der Waals surface area contributed by atoms with Crippen molar-refractivity contribution in [1.29, 1.82) is 0 Å². The molecule has 3 saturated carbocycles. The van der Waals surface area contributed by atoms with Crippen LogP contribution in [0.3, 0.4) is 0 Å². The van der Waals surface area contributed by atoms with Gasteiger partial charge in [0.05, 0.1) is 11.9 Å². The Kier molecular flexibility index (Phi) is 3.25. The molecule has 4 aliphatic rings. The third-order valence-corrected chi connectivity index (χ3v) is 8.54. The molecule has 0 bridgehead atoms. The molecule has 3 fully saturated rings. The number of fused-ring (bicyclic) bond motifs is 5. The summed E-state index contributed by atoms with van der Waals surface area (Å²) in [5.74, 6) is 4.32. The highest BCUT2D eigenvalue weighted by Crippen LogP contribution is 2.67. The Labute approximate surface area is 135 Å². The van der Waals surface area contributed by atoms with Gasteiger partial charge >= 0.3 is 0 Å². The van der Waals surface area contributed by atoms with Gasteiger partial charge in [0.1, 0.15) is 0 Å². The molecule has 0 amide bonds. The number of allylic oxidation sites excluding steroid dienone is 2. The molecule has 0 aromatic carbocycles. The summed E-state index contributed by atoms with van der Waals surface area (Å²) in [7, 11) is 0. The molecule has 2 N–H and O–H groups in total. The number of hydrogen-bond donors (Lipinski definition) is 2. The number of rotatable bonds is 0. The minimum atomic E-state index is -0.0622. The lowest BCUT2D eigenvalue weighted by Crippen LogP contribution is -2.56. The largest absolute Gasteiger partial charge is 0.512 e. The highest BCUT2D eigenvalue weighted by atomic mass is 16.3. The first kappa shape index (κ1) is 15.1. The first-order chi connectivity index (χ1) is 10.4. The van der Waals surface area contributed by atoms with Gasteiger partial charge in [0, 0.05) is 5.41 Å². The summed E-state index contributed by atoms with van der Waals surface area (Å²) in [6, 6.07) is 0. The predicted octanol–water partition coefficient (Wildman–Crippen LogP) is 4.69. The molecular formula is C20H32O2. The van der Waals surface area contributed by atoms with Crippen LogP contribution in [0.2, 0.25) is 0 Å². The van der Waals surface area contributed by atoms with Crippen molar-refractivity contribution in [1.82, 2.24) is 0 Å². The van der Waals surface area contributed by atoms with E-state index in [1.54, 1.807) is 0 Å². The second-order valence-electron chi connectivity index (χ2n) is 9.42. The van der Waals surface area contributed by atoms with Crippen LogP contribution in [0.25, 0.3) is 0 Å². The normalized spacial score (nSPS) is 57.5. The van der Waals surface area contributed by atoms with Crippen LogP contribution in [0.5, 0.6) is 0 Å². The van der Waals surface area contributed by atoms with Crippen molar-refractivity contribution >= 4 is 0 Å². The van der Waals surface area contributed by atoms with Crippen molar-refractivity contribution in [3.05, 3.63) is 11.8 Å². The summed E-state index contributed by atoms with van der Waals surface area (Å²) in [6.45, 7) is 7.27. The molecule has 4 rings (SSSR count). The molecule has 3 unspecified atom stereocenters. The van der Waals surface area contributed by atoms with Crippen molar-refractivity contribution in [2.75, 3.05) is 0 Å². The van der Waals surface area contributed by atoms with E-state index in [1.807, 2.05) is 0 Å². The molecule has 0 aromatic rings. The summed E-state index contributed by atoms with van der Waals surface area (Å²) in [6.07, 6.45) is 10.0. The van der Waals surface area contributed by atoms with Gasteiger partial charge in [-0.15, -0.1) is 0 Å². The Morgan fingerprint density at radius 1 is 1.09 bits per heavy atom. The Balaban J connectivity index is 1.68. The van der Waals surface area contributed by atoms with Crippen LogP contribution in [0.4, 0.5) is 0 Å². The van der Waals surface area contributed by atoms with Gasteiger partial charge in [0.25, 0.3) is 0 Å². The van der Waals surface area contributed by atoms with Crippen LogP contribution in [-0.2, 0) is 0 Å². The van der Waals surface area contributed by atoms with E-state index in [1.165, 1.54) is 19.3 Å². The first-order valence-electron chi connectivity index (χ1n) is 9.44. The minimum Gasteiger partial charge on any atom is -0.512 e. The Bertz CT molecular complexity index is 498. The molecular weight excluding hydrogens is 272 g/mol. The molecule has 8 atom stereocenters. The molecule has 0 aromatic heterocycles. The van der Waals surface area contributed by atoms with Crippen LogP contribution >= 0.6 is 0 Å². The maximum Gasteiger partial charge on any atom is 0.0944 e. The Morgan fingerprint density at radius 3 is 2.64 bits per heavy atom. The van der Waals surface area contributed by atoms with E-state index in [-0.39, 0.29) is 11.5 Å². The van der Waals surface area contributed by atoms with Crippen molar-refractivity contribution in [3.63, 3.8) is 0 Å². The minimum absolute atomic E-state index is 0.0484. The Hall–Kier alpha value is -0.500. The zero-order valence-corrected chi connectivity index (χ0v) is 14.4. The van der Waals surface area contributed by atoms with Crippen molar-refractivity contribution < 1.29 is 10.2 Å². The maximum absolute atomic E-state index is 10.4. The average molecular weight is 304 g/mol.